The van der Waals surface area contributed by atoms with Crippen LogP contribution in [0.3, 0.4) is 0 Å². The number of carbonyl (C=O) groups excluding carboxylic acids is 1. The highest BCUT2D eigenvalue weighted by Crippen LogP contribution is 2.30. The van der Waals surface area contributed by atoms with Crippen LogP contribution in [0.2, 0.25) is 0 Å². The molecule has 2 aliphatic rings. The quantitative estimate of drug-likeness (QED) is 0.819. The van der Waals surface area contributed by atoms with Crippen LogP contribution in [0.5, 0.6) is 0 Å². The number of hydrogen-bond acceptors (Lipinski definition) is 6. The first kappa shape index (κ1) is 16.4. The average molecular weight is 331 g/mol. The summed E-state index contributed by atoms with van der Waals surface area (Å²) in [5.74, 6) is -0.441. The Morgan fingerprint density at radius 1 is 1.38 bits per heavy atom. The second-order valence-corrected chi connectivity index (χ2v) is 6.41. The van der Waals surface area contributed by atoms with Gasteiger partial charge in [0.15, 0.2) is 0 Å². The highest BCUT2D eigenvalue weighted by molar-refractivity contribution is 6.07. The normalized spacial score (nSPS) is 19.9. The molecule has 1 aromatic heterocycles. The molecule has 3 rings (SSSR count). The lowest BCUT2D eigenvalue weighted by molar-refractivity contribution is -0.125. The molecule has 8 heteroatoms. The van der Waals surface area contributed by atoms with Crippen LogP contribution in [0.1, 0.15) is 29.0 Å². The van der Waals surface area contributed by atoms with Crippen molar-refractivity contribution in [2.75, 3.05) is 27.2 Å². The van der Waals surface area contributed by atoms with Gasteiger partial charge in [-0.05, 0) is 25.0 Å². The summed E-state index contributed by atoms with van der Waals surface area (Å²) in [6.45, 7) is 2.01. The second kappa shape index (κ2) is 6.20. The van der Waals surface area contributed by atoms with Gasteiger partial charge in [0, 0.05) is 33.7 Å². The van der Waals surface area contributed by atoms with Gasteiger partial charge in [-0.1, -0.05) is 6.07 Å². The SMILES string of the molecule is CN(C)C1=NC2(CCN(Cc3cccc(C(=O)O)n3)CC2)C(=O)N1. The Labute approximate surface area is 140 Å². The zero-order chi connectivity index (χ0) is 17.3. The number of rotatable bonds is 3. The minimum absolute atomic E-state index is 0.0307. The van der Waals surface area contributed by atoms with Crippen molar-refractivity contribution in [1.82, 2.24) is 20.1 Å². The standard InChI is InChI=1S/C16H21N5O3/c1-20(2)15-18-14(24)16(19-15)6-8-21(9-7-16)10-11-4-3-5-12(17-11)13(22)23/h3-5H,6-10H2,1-2H3,(H,22,23)(H,18,19,24). The van der Waals surface area contributed by atoms with Gasteiger partial charge in [0.25, 0.3) is 5.91 Å². The van der Waals surface area contributed by atoms with Crippen LogP contribution in [-0.4, -0.2) is 70.5 Å². The van der Waals surface area contributed by atoms with E-state index in [0.29, 0.717) is 25.3 Å². The Balaban J connectivity index is 1.65. The number of carboxylic acids is 1. The molecular weight excluding hydrogens is 310 g/mol. The van der Waals surface area contributed by atoms with Gasteiger partial charge in [-0.2, -0.15) is 0 Å². The Bertz CT molecular complexity index is 693. The molecule has 2 aliphatic heterocycles. The summed E-state index contributed by atoms with van der Waals surface area (Å²) in [5, 5.41) is 11.9. The zero-order valence-corrected chi connectivity index (χ0v) is 13.8. The Morgan fingerprint density at radius 2 is 2.08 bits per heavy atom. The molecule has 1 fully saturated rings. The Kier molecular flexibility index (Phi) is 4.23. The number of guanidine groups is 1. The highest BCUT2D eigenvalue weighted by atomic mass is 16.4. The van der Waals surface area contributed by atoms with Gasteiger partial charge in [0.1, 0.15) is 11.2 Å². The van der Waals surface area contributed by atoms with Crippen molar-refractivity contribution in [1.29, 1.82) is 0 Å². The molecule has 128 valence electrons. The van der Waals surface area contributed by atoms with Crippen LogP contribution in [0, 0.1) is 0 Å². The molecule has 2 N–H and O–H groups in total. The predicted octanol–water partition coefficient (Wildman–Crippen LogP) is 0.162. The molecule has 1 saturated heterocycles. The number of carboxylic acid groups (broad SMARTS) is 1. The number of nitrogens with one attached hydrogen (secondary N) is 1. The smallest absolute Gasteiger partial charge is 0.354 e. The maximum absolute atomic E-state index is 12.3. The molecule has 0 radical (unpaired) electrons. The van der Waals surface area contributed by atoms with E-state index >= 15 is 0 Å². The molecule has 0 atom stereocenters. The summed E-state index contributed by atoms with van der Waals surface area (Å²) >= 11 is 0. The van der Waals surface area contributed by atoms with Gasteiger partial charge in [0.2, 0.25) is 5.96 Å². The fourth-order valence-corrected chi connectivity index (χ4v) is 3.05. The fourth-order valence-electron chi connectivity index (χ4n) is 3.05. The van der Waals surface area contributed by atoms with Gasteiger partial charge < -0.3 is 10.0 Å². The number of piperidine rings is 1. The van der Waals surface area contributed by atoms with Crippen molar-refractivity contribution in [3.8, 4) is 0 Å². The van der Waals surface area contributed by atoms with E-state index in [0.717, 1.165) is 18.8 Å². The minimum atomic E-state index is -1.03. The van der Waals surface area contributed by atoms with Crippen molar-refractivity contribution in [2.45, 2.75) is 24.9 Å². The Morgan fingerprint density at radius 3 is 2.67 bits per heavy atom. The molecule has 3 heterocycles. The molecule has 1 aromatic rings. The summed E-state index contributed by atoms with van der Waals surface area (Å²) in [5.41, 5.74) is 0.113. The van der Waals surface area contributed by atoms with Gasteiger partial charge >= 0.3 is 5.97 Å². The number of hydrogen-bond donors (Lipinski definition) is 2. The van der Waals surface area contributed by atoms with Gasteiger partial charge in [-0.15, -0.1) is 0 Å². The molecule has 1 amide bonds. The summed E-state index contributed by atoms with van der Waals surface area (Å²) in [7, 11) is 3.71. The molecule has 0 aliphatic carbocycles. The van der Waals surface area contributed by atoms with Crippen LogP contribution >= 0.6 is 0 Å². The first-order valence-corrected chi connectivity index (χ1v) is 7.90. The molecule has 0 unspecified atom stereocenters. The molecule has 1 spiro atoms. The van der Waals surface area contributed by atoms with E-state index in [1.807, 2.05) is 20.2 Å². The Hall–Kier alpha value is -2.48. The highest BCUT2D eigenvalue weighted by Gasteiger charge is 2.46. The topological polar surface area (TPSA) is 98.1 Å². The average Bonchev–Trinajstić information content (AvgIpc) is 2.87. The number of likely N-dealkylation sites (tertiary alicyclic amines) is 1. The minimum Gasteiger partial charge on any atom is -0.477 e. The van der Waals surface area contributed by atoms with Crippen molar-refractivity contribution in [2.24, 2.45) is 4.99 Å². The van der Waals surface area contributed by atoms with Crippen LogP contribution in [0.25, 0.3) is 0 Å². The van der Waals surface area contributed by atoms with Crippen LogP contribution in [0.15, 0.2) is 23.2 Å². The first-order chi connectivity index (χ1) is 11.4. The first-order valence-electron chi connectivity index (χ1n) is 7.90. The summed E-state index contributed by atoms with van der Waals surface area (Å²) in [6, 6.07) is 5.01. The molecule has 24 heavy (non-hydrogen) atoms. The van der Waals surface area contributed by atoms with Crippen molar-refractivity contribution in [3.63, 3.8) is 0 Å². The third kappa shape index (κ3) is 3.09. The van der Waals surface area contributed by atoms with Crippen LogP contribution in [0.4, 0.5) is 0 Å². The van der Waals surface area contributed by atoms with Gasteiger partial charge in [-0.25, -0.2) is 14.8 Å². The predicted molar refractivity (Wildman–Crippen MR) is 87.7 cm³/mol. The lowest BCUT2D eigenvalue weighted by Crippen LogP contribution is -2.49. The second-order valence-electron chi connectivity index (χ2n) is 6.41. The van der Waals surface area contributed by atoms with E-state index in [2.05, 4.69) is 20.2 Å². The van der Waals surface area contributed by atoms with Gasteiger partial charge in [0.05, 0.1) is 5.69 Å². The monoisotopic (exact) mass is 331 g/mol. The van der Waals surface area contributed by atoms with E-state index in [9.17, 15) is 9.59 Å². The lowest BCUT2D eigenvalue weighted by Gasteiger charge is -2.35. The maximum atomic E-state index is 12.3. The molecule has 0 bridgehead atoms. The van der Waals surface area contributed by atoms with E-state index in [-0.39, 0.29) is 11.6 Å². The van der Waals surface area contributed by atoms with Crippen molar-refractivity contribution < 1.29 is 14.7 Å². The third-order valence-electron chi connectivity index (χ3n) is 4.49. The molecule has 0 aromatic carbocycles. The number of carbonyl (C=O) groups is 2. The van der Waals surface area contributed by atoms with E-state index in [4.69, 9.17) is 5.11 Å². The third-order valence-corrected chi connectivity index (χ3v) is 4.49. The number of aromatic carboxylic acids is 1. The number of aliphatic imine (C=N–C) groups is 1. The van der Waals surface area contributed by atoms with Crippen LogP contribution < -0.4 is 5.32 Å². The van der Waals surface area contributed by atoms with E-state index in [1.54, 1.807) is 11.0 Å². The largest absolute Gasteiger partial charge is 0.477 e. The van der Waals surface area contributed by atoms with E-state index in [1.165, 1.54) is 6.07 Å². The molecule has 0 saturated carbocycles. The number of nitrogens with zero attached hydrogens (tertiary/aromatic N) is 4. The summed E-state index contributed by atoms with van der Waals surface area (Å²) < 4.78 is 0. The zero-order valence-electron chi connectivity index (χ0n) is 13.8. The summed E-state index contributed by atoms with van der Waals surface area (Å²) in [6.07, 6.45) is 1.30. The van der Waals surface area contributed by atoms with Crippen molar-refractivity contribution in [3.05, 3.63) is 29.6 Å². The van der Waals surface area contributed by atoms with E-state index < -0.39 is 11.5 Å². The number of aromatic nitrogens is 1. The number of amides is 1. The molecular formula is C16H21N5O3. The number of pyridine rings is 1. The summed E-state index contributed by atoms with van der Waals surface area (Å²) in [4.78, 5) is 36.0. The fraction of sp³-hybridized carbons (Fsp3) is 0.500. The van der Waals surface area contributed by atoms with Crippen molar-refractivity contribution >= 4 is 17.8 Å². The maximum Gasteiger partial charge on any atom is 0.354 e. The van der Waals surface area contributed by atoms with Gasteiger partial charge in [-0.3, -0.25) is 15.0 Å². The lowest BCUT2D eigenvalue weighted by atomic mass is 9.88. The molecule has 8 nitrogen and oxygen atoms in total. The van der Waals surface area contributed by atoms with Crippen LogP contribution in [-0.2, 0) is 11.3 Å².